The summed E-state index contributed by atoms with van der Waals surface area (Å²) in [5.74, 6) is -0.628. The predicted octanol–water partition coefficient (Wildman–Crippen LogP) is 2.81. The lowest BCUT2D eigenvalue weighted by molar-refractivity contribution is -0.117. The summed E-state index contributed by atoms with van der Waals surface area (Å²) in [5, 5.41) is 6.86. The van der Waals surface area contributed by atoms with Gasteiger partial charge in [0.25, 0.3) is 0 Å². The highest BCUT2D eigenvalue weighted by Gasteiger charge is 2.16. The summed E-state index contributed by atoms with van der Waals surface area (Å²) in [6, 6.07) is 5.79. The summed E-state index contributed by atoms with van der Waals surface area (Å²) in [6.07, 6.45) is 2.95. The molecular formula is C15H20ClFN4O. The number of carbonyl (C=O) groups excluding carboxylic acids is 1. The second kappa shape index (κ2) is 7.91. The molecule has 0 saturated carbocycles. The van der Waals surface area contributed by atoms with E-state index in [1.165, 1.54) is 16.9 Å². The molecule has 0 aliphatic heterocycles. The van der Waals surface area contributed by atoms with Crippen LogP contribution in [0.1, 0.15) is 25.5 Å². The minimum atomic E-state index is -0.550. The molecule has 0 spiro atoms. The van der Waals surface area contributed by atoms with Crippen molar-refractivity contribution < 1.29 is 9.18 Å². The minimum Gasteiger partial charge on any atom is -0.322 e. The SMILES string of the molecule is CCCC(N)C(=O)Nc1cnn(-c2ccccc2F)c1C.Cl. The molecule has 120 valence electrons. The molecule has 1 heterocycles. The third-order valence-corrected chi connectivity index (χ3v) is 3.28. The Hall–Kier alpha value is -1.92. The van der Waals surface area contributed by atoms with Crippen LogP contribution in [0, 0.1) is 12.7 Å². The molecule has 1 unspecified atom stereocenters. The minimum absolute atomic E-state index is 0. The number of anilines is 1. The number of halogens is 2. The summed E-state index contributed by atoms with van der Waals surface area (Å²) in [5.41, 5.74) is 7.30. The first-order valence-corrected chi connectivity index (χ1v) is 6.90. The van der Waals surface area contributed by atoms with E-state index in [9.17, 15) is 9.18 Å². The number of benzene rings is 1. The molecule has 1 atom stereocenters. The van der Waals surface area contributed by atoms with E-state index in [4.69, 9.17) is 5.73 Å². The molecular weight excluding hydrogens is 307 g/mol. The molecule has 5 nitrogen and oxygen atoms in total. The van der Waals surface area contributed by atoms with E-state index in [1.807, 2.05) is 6.92 Å². The van der Waals surface area contributed by atoms with E-state index in [2.05, 4.69) is 10.4 Å². The number of carbonyl (C=O) groups is 1. The van der Waals surface area contributed by atoms with Crippen LogP contribution >= 0.6 is 12.4 Å². The van der Waals surface area contributed by atoms with Gasteiger partial charge in [0, 0.05) is 0 Å². The van der Waals surface area contributed by atoms with Crippen molar-refractivity contribution in [1.29, 1.82) is 0 Å². The monoisotopic (exact) mass is 326 g/mol. The van der Waals surface area contributed by atoms with Crippen molar-refractivity contribution >= 4 is 24.0 Å². The van der Waals surface area contributed by atoms with Crippen LogP contribution in [0.3, 0.4) is 0 Å². The Bertz CT molecular complexity index is 644. The zero-order valence-electron chi connectivity index (χ0n) is 12.5. The van der Waals surface area contributed by atoms with Gasteiger partial charge in [0.1, 0.15) is 11.5 Å². The molecule has 7 heteroatoms. The summed E-state index contributed by atoms with van der Waals surface area (Å²) in [6.45, 7) is 3.73. The second-order valence-corrected chi connectivity index (χ2v) is 4.89. The van der Waals surface area contributed by atoms with Gasteiger partial charge in [-0.1, -0.05) is 25.5 Å². The van der Waals surface area contributed by atoms with Gasteiger partial charge in [0.05, 0.1) is 23.6 Å². The van der Waals surface area contributed by atoms with E-state index in [0.717, 1.165) is 6.42 Å². The normalized spacial score (nSPS) is 11.6. The number of para-hydroxylation sites is 1. The molecule has 0 aliphatic rings. The largest absolute Gasteiger partial charge is 0.322 e. The van der Waals surface area contributed by atoms with Crippen LogP contribution in [0.5, 0.6) is 0 Å². The molecule has 0 aliphatic carbocycles. The molecule has 1 aromatic heterocycles. The Morgan fingerprint density at radius 1 is 1.45 bits per heavy atom. The molecule has 0 radical (unpaired) electrons. The lowest BCUT2D eigenvalue weighted by Gasteiger charge is -2.11. The number of nitrogens with zero attached hydrogens (tertiary/aromatic N) is 2. The number of hydrogen-bond donors (Lipinski definition) is 2. The van der Waals surface area contributed by atoms with Gasteiger partial charge >= 0.3 is 0 Å². The van der Waals surface area contributed by atoms with Crippen LogP contribution in [0.2, 0.25) is 0 Å². The molecule has 22 heavy (non-hydrogen) atoms. The van der Waals surface area contributed by atoms with Crippen molar-refractivity contribution in [3.8, 4) is 5.69 Å². The first-order chi connectivity index (χ1) is 10.0. The van der Waals surface area contributed by atoms with Crippen molar-refractivity contribution in [2.24, 2.45) is 5.73 Å². The number of amides is 1. The average Bonchev–Trinajstić information content (AvgIpc) is 2.81. The van der Waals surface area contributed by atoms with Gasteiger partial charge in [0.15, 0.2) is 0 Å². The molecule has 1 aromatic carbocycles. The number of rotatable bonds is 5. The van der Waals surface area contributed by atoms with Gasteiger partial charge in [-0.05, 0) is 25.5 Å². The first kappa shape index (κ1) is 18.1. The third-order valence-electron chi connectivity index (χ3n) is 3.28. The maximum absolute atomic E-state index is 13.8. The Morgan fingerprint density at radius 2 is 2.14 bits per heavy atom. The Balaban J connectivity index is 0.00000242. The molecule has 0 saturated heterocycles. The third kappa shape index (κ3) is 3.84. The van der Waals surface area contributed by atoms with Crippen LogP contribution in [0.4, 0.5) is 10.1 Å². The molecule has 2 rings (SSSR count). The van der Waals surface area contributed by atoms with Gasteiger partial charge in [-0.15, -0.1) is 12.4 Å². The zero-order chi connectivity index (χ0) is 15.4. The number of nitrogens with two attached hydrogens (primary N) is 1. The lowest BCUT2D eigenvalue weighted by Crippen LogP contribution is -2.35. The van der Waals surface area contributed by atoms with Crippen molar-refractivity contribution in [1.82, 2.24) is 9.78 Å². The van der Waals surface area contributed by atoms with E-state index in [1.54, 1.807) is 25.1 Å². The molecule has 0 fully saturated rings. The topological polar surface area (TPSA) is 72.9 Å². The fourth-order valence-electron chi connectivity index (χ4n) is 2.07. The quantitative estimate of drug-likeness (QED) is 0.887. The summed E-state index contributed by atoms with van der Waals surface area (Å²) in [7, 11) is 0. The highest BCUT2D eigenvalue weighted by atomic mass is 35.5. The number of hydrogen-bond acceptors (Lipinski definition) is 3. The Labute approximate surface area is 135 Å². The van der Waals surface area contributed by atoms with Gasteiger partial charge in [-0.3, -0.25) is 4.79 Å². The second-order valence-electron chi connectivity index (χ2n) is 4.89. The van der Waals surface area contributed by atoms with E-state index in [0.29, 0.717) is 23.5 Å². The number of nitrogens with one attached hydrogen (secondary N) is 1. The molecule has 3 N–H and O–H groups in total. The smallest absolute Gasteiger partial charge is 0.241 e. The zero-order valence-corrected chi connectivity index (χ0v) is 13.4. The Kier molecular flexibility index (Phi) is 6.52. The maximum atomic E-state index is 13.8. The van der Waals surface area contributed by atoms with Crippen LogP contribution in [-0.2, 0) is 4.79 Å². The van der Waals surface area contributed by atoms with Crippen molar-refractivity contribution in [3.05, 3.63) is 42.0 Å². The molecule has 1 amide bonds. The van der Waals surface area contributed by atoms with Gasteiger partial charge in [0.2, 0.25) is 5.91 Å². The van der Waals surface area contributed by atoms with Crippen molar-refractivity contribution in [2.75, 3.05) is 5.32 Å². The van der Waals surface area contributed by atoms with Crippen molar-refractivity contribution in [2.45, 2.75) is 32.7 Å². The molecule has 2 aromatic rings. The fourth-order valence-corrected chi connectivity index (χ4v) is 2.07. The fraction of sp³-hybridized carbons (Fsp3) is 0.333. The highest BCUT2D eigenvalue weighted by molar-refractivity contribution is 5.95. The predicted molar refractivity (Wildman–Crippen MR) is 87.0 cm³/mol. The standard InChI is InChI=1S/C15H19FN4O.ClH/c1-3-6-12(17)15(21)19-13-9-18-20(10(13)2)14-8-5-4-7-11(14)16;/h4-5,7-9,12H,3,6,17H2,1-2H3,(H,19,21);1H. The van der Waals surface area contributed by atoms with E-state index in [-0.39, 0.29) is 24.1 Å². The average molecular weight is 327 g/mol. The highest BCUT2D eigenvalue weighted by Crippen LogP contribution is 2.20. The van der Waals surface area contributed by atoms with Crippen LogP contribution in [0.25, 0.3) is 5.69 Å². The summed E-state index contributed by atoms with van der Waals surface area (Å²) in [4.78, 5) is 11.9. The van der Waals surface area contributed by atoms with Crippen LogP contribution in [0.15, 0.2) is 30.5 Å². The van der Waals surface area contributed by atoms with Gasteiger partial charge in [-0.25, -0.2) is 9.07 Å². The lowest BCUT2D eigenvalue weighted by atomic mass is 10.1. The van der Waals surface area contributed by atoms with E-state index < -0.39 is 6.04 Å². The van der Waals surface area contributed by atoms with E-state index >= 15 is 0 Å². The molecule has 0 bridgehead atoms. The number of aromatic nitrogens is 2. The van der Waals surface area contributed by atoms with Crippen LogP contribution in [-0.4, -0.2) is 21.7 Å². The first-order valence-electron chi connectivity index (χ1n) is 6.90. The van der Waals surface area contributed by atoms with Crippen molar-refractivity contribution in [3.63, 3.8) is 0 Å². The summed E-state index contributed by atoms with van der Waals surface area (Å²) < 4.78 is 15.2. The van der Waals surface area contributed by atoms with Crippen LogP contribution < -0.4 is 11.1 Å². The summed E-state index contributed by atoms with van der Waals surface area (Å²) >= 11 is 0. The van der Waals surface area contributed by atoms with Gasteiger partial charge in [-0.2, -0.15) is 5.10 Å². The maximum Gasteiger partial charge on any atom is 0.241 e. The van der Waals surface area contributed by atoms with Gasteiger partial charge < -0.3 is 11.1 Å². The Morgan fingerprint density at radius 3 is 2.77 bits per heavy atom.